The number of phenols is 1. The van der Waals surface area contributed by atoms with Gasteiger partial charge in [0.15, 0.2) is 0 Å². The summed E-state index contributed by atoms with van der Waals surface area (Å²) < 4.78 is 0. The minimum atomic E-state index is -0.990. The highest BCUT2D eigenvalue weighted by atomic mass is 16.3. The second kappa shape index (κ2) is 14.8. The number of likely N-dealkylation sites (tertiary alicyclic amines) is 1. The molecule has 10 rings (SSSR count). The summed E-state index contributed by atoms with van der Waals surface area (Å²) in [4.78, 5) is 72.0. The fraction of sp³-hybridized carbons (Fsp3) is 0.396. The number of aryl methyl sites for hydroxylation is 1. The Labute approximate surface area is 344 Å². The fourth-order valence-electron chi connectivity index (χ4n) is 11.0. The Kier molecular flexibility index (Phi) is 9.38. The van der Waals surface area contributed by atoms with Crippen molar-refractivity contribution in [3.8, 4) is 5.75 Å². The minimum Gasteiger partial charge on any atom is -0.508 e. The maximum absolute atomic E-state index is 13.6. The number of piperidine rings is 3. The molecule has 4 aromatic rings. The van der Waals surface area contributed by atoms with E-state index >= 15 is 0 Å². The molecule has 5 heterocycles. The standard InChI is InChI=1S/C48H49N5O6/c54-36-11-13-38-32(24-36)8-12-37(30-4-2-1-3-5-30)44(38)31-6-9-35(10-7-31)51-20-16-48(17-21-51)18-22-52(23-19-48)43(56)29-50-27-33-25-39-40(26-34(33)28-50)47(59)53(46(39)58)41-14-15-42(55)49-45(41)57/h1-7,9-11,13,24-26,37,41,44,54H,8,12,14-23,27-29H2,(H,49,55,57). The van der Waals surface area contributed by atoms with Gasteiger partial charge in [0, 0.05) is 57.3 Å². The van der Waals surface area contributed by atoms with Gasteiger partial charge in [-0.25, -0.2) is 0 Å². The van der Waals surface area contributed by atoms with Crippen LogP contribution in [0.4, 0.5) is 5.69 Å². The summed E-state index contributed by atoms with van der Waals surface area (Å²) in [6.45, 7) is 4.80. The number of phenolic OH excluding ortho intramolecular Hbond substituents is 1. The van der Waals surface area contributed by atoms with Crippen molar-refractivity contribution in [2.45, 2.75) is 82.3 Å². The molecule has 3 unspecified atom stereocenters. The number of nitrogens with zero attached hydrogens (tertiary/aromatic N) is 4. The zero-order valence-corrected chi connectivity index (χ0v) is 33.2. The van der Waals surface area contributed by atoms with E-state index in [-0.39, 0.29) is 47.8 Å². The van der Waals surface area contributed by atoms with Crippen LogP contribution < -0.4 is 10.2 Å². The maximum atomic E-state index is 13.6. The van der Waals surface area contributed by atoms with Crippen molar-refractivity contribution in [3.63, 3.8) is 0 Å². The molecule has 11 heteroatoms. The summed E-state index contributed by atoms with van der Waals surface area (Å²) in [5.41, 5.74) is 9.12. The number of hydrogen-bond donors (Lipinski definition) is 2. The molecule has 6 aliphatic rings. The molecule has 5 aliphatic heterocycles. The maximum Gasteiger partial charge on any atom is 0.262 e. The lowest BCUT2D eigenvalue weighted by Gasteiger charge is -2.47. The largest absolute Gasteiger partial charge is 0.508 e. The zero-order valence-electron chi connectivity index (χ0n) is 33.2. The number of fused-ring (bicyclic) bond motifs is 3. The van der Waals surface area contributed by atoms with Crippen LogP contribution in [0.5, 0.6) is 5.75 Å². The Morgan fingerprint density at radius 1 is 0.712 bits per heavy atom. The number of anilines is 1. The van der Waals surface area contributed by atoms with Crippen molar-refractivity contribution in [1.82, 2.24) is 20.0 Å². The lowest BCUT2D eigenvalue weighted by Crippen LogP contribution is -2.54. The number of nitrogens with one attached hydrogen (secondary N) is 1. The number of benzene rings is 4. The average molecular weight is 792 g/mol. The third-order valence-electron chi connectivity index (χ3n) is 14.3. The molecule has 0 radical (unpaired) electrons. The van der Waals surface area contributed by atoms with E-state index in [4.69, 9.17) is 0 Å². The number of hydrogen-bond acceptors (Lipinski definition) is 8. The number of amides is 5. The summed E-state index contributed by atoms with van der Waals surface area (Å²) in [7, 11) is 0. The molecule has 59 heavy (non-hydrogen) atoms. The van der Waals surface area contributed by atoms with E-state index in [2.05, 4.69) is 75.8 Å². The van der Waals surface area contributed by atoms with Crippen LogP contribution in [0.15, 0.2) is 84.9 Å². The monoisotopic (exact) mass is 791 g/mol. The molecular weight excluding hydrogens is 743 g/mol. The summed E-state index contributed by atoms with van der Waals surface area (Å²) in [5, 5.41) is 12.5. The molecule has 4 aromatic carbocycles. The Balaban J connectivity index is 0.732. The van der Waals surface area contributed by atoms with E-state index in [9.17, 15) is 29.1 Å². The van der Waals surface area contributed by atoms with Crippen LogP contribution in [-0.4, -0.2) is 88.1 Å². The molecule has 302 valence electrons. The number of carbonyl (C=O) groups is 5. The lowest BCUT2D eigenvalue weighted by atomic mass is 9.69. The Hall–Kier alpha value is -5.81. The van der Waals surface area contributed by atoms with Crippen molar-refractivity contribution in [3.05, 3.63) is 129 Å². The van der Waals surface area contributed by atoms with E-state index in [1.54, 1.807) is 12.1 Å². The molecule has 0 bridgehead atoms. The van der Waals surface area contributed by atoms with Crippen LogP contribution in [0.25, 0.3) is 0 Å². The number of carbonyl (C=O) groups excluding carboxylic acids is 5. The van der Waals surface area contributed by atoms with E-state index in [0.717, 1.165) is 80.7 Å². The van der Waals surface area contributed by atoms with Crippen LogP contribution in [-0.2, 0) is 33.9 Å². The molecule has 2 N–H and O–H groups in total. The van der Waals surface area contributed by atoms with Crippen LogP contribution in [0.1, 0.15) is 111 Å². The third-order valence-corrected chi connectivity index (χ3v) is 14.3. The van der Waals surface area contributed by atoms with Gasteiger partial charge in [0.25, 0.3) is 11.8 Å². The van der Waals surface area contributed by atoms with Gasteiger partial charge in [-0.2, -0.15) is 0 Å². The van der Waals surface area contributed by atoms with Crippen molar-refractivity contribution in [2.75, 3.05) is 37.6 Å². The molecule has 0 aromatic heterocycles. The van der Waals surface area contributed by atoms with E-state index < -0.39 is 29.7 Å². The van der Waals surface area contributed by atoms with Gasteiger partial charge in [0.1, 0.15) is 11.8 Å². The topological polar surface area (TPSA) is 131 Å². The van der Waals surface area contributed by atoms with E-state index in [1.807, 2.05) is 17.0 Å². The number of rotatable bonds is 6. The smallest absolute Gasteiger partial charge is 0.262 e. The van der Waals surface area contributed by atoms with Gasteiger partial charge in [-0.15, -0.1) is 0 Å². The first-order valence-corrected chi connectivity index (χ1v) is 21.2. The quantitative estimate of drug-likeness (QED) is 0.232. The van der Waals surface area contributed by atoms with Gasteiger partial charge in [-0.3, -0.25) is 39.1 Å². The van der Waals surface area contributed by atoms with E-state index in [0.29, 0.717) is 24.8 Å². The Morgan fingerprint density at radius 2 is 1.37 bits per heavy atom. The summed E-state index contributed by atoms with van der Waals surface area (Å²) in [6, 6.07) is 28.4. The average Bonchev–Trinajstić information content (AvgIpc) is 3.75. The molecule has 0 saturated carbocycles. The second-order valence-corrected chi connectivity index (χ2v) is 17.6. The van der Waals surface area contributed by atoms with Crippen LogP contribution in [0, 0.1) is 5.41 Å². The van der Waals surface area contributed by atoms with Gasteiger partial charge in [0.2, 0.25) is 17.7 Å². The highest BCUT2D eigenvalue weighted by Crippen LogP contribution is 2.48. The summed E-state index contributed by atoms with van der Waals surface area (Å²) in [5.74, 6) is -0.992. The van der Waals surface area contributed by atoms with Gasteiger partial charge in [-0.1, -0.05) is 48.5 Å². The molecule has 3 fully saturated rings. The zero-order chi connectivity index (χ0) is 40.4. The first-order chi connectivity index (χ1) is 28.6. The minimum absolute atomic E-state index is 0.0809. The normalized spacial score (nSPS) is 23.9. The molecule has 3 atom stereocenters. The van der Waals surface area contributed by atoms with Gasteiger partial charge < -0.3 is 14.9 Å². The lowest BCUT2D eigenvalue weighted by molar-refractivity contribution is -0.137. The molecule has 5 amide bonds. The van der Waals surface area contributed by atoms with E-state index in [1.165, 1.54) is 27.9 Å². The number of imide groups is 2. The number of aromatic hydroxyl groups is 1. The van der Waals surface area contributed by atoms with Gasteiger partial charge in [0.05, 0.1) is 17.7 Å². The first-order valence-electron chi connectivity index (χ1n) is 21.2. The molecular formula is C48H49N5O6. The van der Waals surface area contributed by atoms with Crippen LogP contribution >= 0.6 is 0 Å². The van der Waals surface area contributed by atoms with Crippen molar-refractivity contribution < 1.29 is 29.1 Å². The second-order valence-electron chi connectivity index (χ2n) is 17.6. The predicted octanol–water partition coefficient (Wildman–Crippen LogP) is 5.88. The summed E-state index contributed by atoms with van der Waals surface area (Å²) >= 11 is 0. The molecule has 11 nitrogen and oxygen atoms in total. The SMILES string of the molecule is O=C1CCC(N2C(=O)c3cc4c(cc3C2=O)CN(CC(=O)N2CCC3(CC2)CCN(c2ccc(C5c6ccc(O)cc6CCC5c5ccccc5)cc2)CC3)C4)C(=O)N1. The molecule has 3 saturated heterocycles. The van der Waals surface area contributed by atoms with Crippen molar-refractivity contribution in [1.29, 1.82) is 0 Å². The summed E-state index contributed by atoms with van der Waals surface area (Å²) in [6.07, 6.45) is 6.43. The van der Waals surface area contributed by atoms with Crippen molar-refractivity contribution in [2.24, 2.45) is 5.41 Å². The highest BCUT2D eigenvalue weighted by Gasteiger charge is 2.46. The Morgan fingerprint density at radius 3 is 2.03 bits per heavy atom. The molecule has 1 aliphatic carbocycles. The fourth-order valence-corrected chi connectivity index (χ4v) is 11.0. The Bertz CT molecular complexity index is 2320. The highest BCUT2D eigenvalue weighted by molar-refractivity contribution is 6.23. The predicted molar refractivity (Wildman–Crippen MR) is 221 cm³/mol. The molecule has 1 spiro atoms. The van der Waals surface area contributed by atoms with Crippen molar-refractivity contribution >= 4 is 35.2 Å². The first kappa shape index (κ1) is 37.5. The van der Waals surface area contributed by atoms with Gasteiger partial charge >= 0.3 is 0 Å². The van der Waals surface area contributed by atoms with Crippen LogP contribution in [0.3, 0.4) is 0 Å². The third kappa shape index (κ3) is 6.79. The van der Waals surface area contributed by atoms with Gasteiger partial charge in [-0.05, 0) is 126 Å². The van der Waals surface area contributed by atoms with Crippen LogP contribution in [0.2, 0.25) is 0 Å².